The van der Waals surface area contributed by atoms with E-state index >= 15 is 0 Å². The third-order valence-corrected chi connectivity index (χ3v) is 3.52. The maximum absolute atomic E-state index is 5.85. The Bertz CT molecular complexity index is 447. The van der Waals surface area contributed by atoms with Gasteiger partial charge in [-0.2, -0.15) is 0 Å². The molecule has 1 aromatic heterocycles. The largest absolute Gasteiger partial charge is 0.246 e. The topological polar surface area (TPSA) is 12.9 Å². The predicted octanol–water partition coefficient (Wildman–Crippen LogP) is 4.34. The maximum Gasteiger partial charge on any atom is 0.0972 e. The van der Waals surface area contributed by atoms with Crippen LogP contribution in [0.25, 0.3) is 0 Å². The fraction of sp³-hybridized carbons (Fsp3) is 0.308. The lowest BCUT2D eigenvalue weighted by Crippen LogP contribution is -1.88. The van der Waals surface area contributed by atoms with Crippen molar-refractivity contribution >= 4 is 22.9 Å². The minimum Gasteiger partial charge on any atom is -0.246 e. The zero-order chi connectivity index (χ0) is 11.4. The molecule has 1 aromatic carbocycles. The van der Waals surface area contributed by atoms with Gasteiger partial charge in [-0.05, 0) is 24.1 Å². The Morgan fingerprint density at radius 1 is 1.25 bits per heavy atom. The Balaban J connectivity index is 2.05. The van der Waals surface area contributed by atoms with Crippen LogP contribution in [0.4, 0.5) is 0 Å². The quantitative estimate of drug-likeness (QED) is 0.788. The first-order valence-electron chi connectivity index (χ1n) is 5.45. The molecule has 84 valence electrons. The molecule has 0 amide bonds. The number of hydrogen-bond donors (Lipinski definition) is 0. The average Bonchev–Trinajstić information content (AvgIpc) is 2.70. The molecular weight excluding hydrogens is 238 g/mol. The minimum atomic E-state index is 0.787. The van der Waals surface area contributed by atoms with E-state index in [4.69, 9.17) is 11.6 Å². The van der Waals surface area contributed by atoms with Gasteiger partial charge >= 0.3 is 0 Å². The van der Waals surface area contributed by atoms with Crippen molar-refractivity contribution in [3.8, 4) is 0 Å². The minimum absolute atomic E-state index is 0.787. The van der Waals surface area contributed by atoms with E-state index in [-0.39, 0.29) is 0 Å². The fourth-order valence-corrected chi connectivity index (χ4v) is 2.57. The molecule has 0 bridgehead atoms. The number of aromatic nitrogens is 1. The molecule has 0 saturated heterocycles. The zero-order valence-corrected chi connectivity index (χ0v) is 10.8. The third kappa shape index (κ3) is 3.06. The Kier molecular flexibility index (Phi) is 3.97. The van der Waals surface area contributed by atoms with Crippen molar-refractivity contribution < 1.29 is 0 Å². The molecule has 0 radical (unpaired) electrons. The molecule has 0 atom stereocenters. The van der Waals surface area contributed by atoms with Gasteiger partial charge in [-0.25, -0.2) is 4.98 Å². The molecule has 1 heterocycles. The van der Waals surface area contributed by atoms with Gasteiger partial charge in [-0.1, -0.05) is 37.1 Å². The van der Waals surface area contributed by atoms with E-state index in [9.17, 15) is 0 Å². The number of nitrogens with zero attached hydrogens (tertiary/aromatic N) is 1. The molecule has 0 saturated carbocycles. The first-order valence-corrected chi connectivity index (χ1v) is 6.71. The van der Waals surface area contributed by atoms with Crippen molar-refractivity contribution in [3.05, 3.63) is 50.9 Å². The summed E-state index contributed by atoms with van der Waals surface area (Å²) >= 11 is 7.59. The fourth-order valence-electron chi connectivity index (χ4n) is 1.58. The molecule has 0 spiro atoms. The van der Waals surface area contributed by atoms with Crippen LogP contribution in [0, 0.1) is 0 Å². The summed E-state index contributed by atoms with van der Waals surface area (Å²) < 4.78 is 0. The van der Waals surface area contributed by atoms with Crippen molar-refractivity contribution in [3.63, 3.8) is 0 Å². The van der Waals surface area contributed by atoms with Gasteiger partial charge in [0.2, 0.25) is 0 Å². The highest BCUT2D eigenvalue weighted by atomic mass is 35.5. The van der Waals surface area contributed by atoms with Crippen LogP contribution in [-0.2, 0) is 12.8 Å². The summed E-state index contributed by atoms with van der Waals surface area (Å²) in [5, 5.41) is 4.13. The van der Waals surface area contributed by atoms with E-state index in [1.54, 1.807) is 11.3 Å². The maximum atomic E-state index is 5.85. The van der Waals surface area contributed by atoms with E-state index in [0.717, 1.165) is 24.3 Å². The Labute approximate surface area is 105 Å². The molecule has 0 fully saturated rings. The van der Waals surface area contributed by atoms with Crippen LogP contribution in [0.15, 0.2) is 29.6 Å². The number of thiazole rings is 1. The van der Waals surface area contributed by atoms with E-state index < -0.39 is 0 Å². The number of halogens is 1. The smallest absolute Gasteiger partial charge is 0.0972 e. The van der Waals surface area contributed by atoms with Crippen LogP contribution in [0.2, 0.25) is 5.02 Å². The lowest BCUT2D eigenvalue weighted by Gasteiger charge is -1.97. The number of benzene rings is 1. The molecule has 3 heteroatoms. The second-order valence-electron chi connectivity index (χ2n) is 3.79. The number of aryl methyl sites for hydroxylation is 1. The standard InChI is InChI=1S/C13H14ClNS/c1-2-3-12-9-16-13(15-12)8-10-4-6-11(14)7-5-10/h4-7,9H,2-3,8H2,1H3. The Morgan fingerprint density at radius 2 is 2.00 bits per heavy atom. The summed E-state index contributed by atoms with van der Waals surface area (Å²) in [6.07, 6.45) is 3.15. The van der Waals surface area contributed by atoms with Crippen LogP contribution in [-0.4, -0.2) is 4.98 Å². The van der Waals surface area contributed by atoms with Crippen LogP contribution >= 0.6 is 22.9 Å². The summed E-state index contributed by atoms with van der Waals surface area (Å²) in [6, 6.07) is 7.97. The molecule has 2 aromatic rings. The van der Waals surface area contributed by atoms with Gasteiger partial charge in [0.25, 0.3) is 0 Å². The molecule has 0 aliphatic rings. The molecule has 0 aliphatic carbocycles. The zero-order valence-electron chi connectivity index (χ0n) is 9.24. The van der Waals surface area contributed by atoms with E-state index in [1.165, 1.54) is 16.3 Å². The number of rotatable bonds is 4. The van der Waals surface area contributed by atoms with Crippen molar-refractivity contribution in [1.29, 1.82) is 0 Å². The lowest BCUT2D eigenvalue weighted by atomic mass is 10.2. The monoisotopic (exact) mass is 251 g/mol. The van der Waals surface area contributed by atoms with Gasteiger partial charge in [-0.15, -0.1) is 11.3 Å². The lowest BCUT2D eigenvalue weighted by molar-refractivity contribution is 0.883. The van der Waals surface area contributed by atoms with E-state index in [1.807, 2.05) is 12.1 Å². The van der Waals surface area contributed by atoms with Crippen molar-refractivity contribution in [2.75, 3.05) is 0 Å². The van der Waals surface area contributed by atoms with Gasteiger partial charge in [0.05, 0.1) is 10.7 Å². The van der Waals surface area contributed by atoms with Crippen molar-refractivity contribution in [1.82, 2.24) is 4.98 Å². The normalized spacial score (nSPS) is 10.6. The summed E-state index contributed by atoms with van der Waals surface area (Å²) in [6.45, 7) is 2.18. The first kappa shape index (κ1) is 11.6. The van der Waals surface area contributed by atoms with Gasteiger partial charge in [0, 0.05) is 16.8 Å². The molecule has 0 aliphatic heterocycles. The predicted molar refractivity (Wildman–Crippen MR) is 70.4 cm³/mol. The third-order valence-electron chi connectivity index (χ3n) is 2.37. The van der Waals surface area contributed by atoms with Gasteiger partial charge < -0.3 is 0 Å². The molecule has 0 unspecified atom stereocenters. The Hall–Kier alpha value is -0.860. The molecule has 1 nitrogen and oxygen atoms in total. The molecular formula is C13H14ClNS. The van der Waals surface area contributed by atoms with Crippen LogP contribution in [0.3, 0.4) is 0 Å². The van der Waals surface area contributed by atoms with Gasteiger partial charge in [-0.3, -0.25) is 0 Å². The summed E-state index contributed by atoms with van der Waals surface area (Å²) in [5.74, 6) is 0. The first-order chi connectivity index (χ1) is 7.78. The Morgan fingerprint density at radius 3 is 2.69 bits per heavy atom. The van der Waals surface area contributed by atoms with Crippen LogP contribution < -0.4 is 0 Å². The molecule has 16 heavy (non-hydrogen) atoms. The number of hydrogen-bond acceptors (Lipinski definition) is 2. The van der Waals surface area contributed by atoms with E-state index in [0.29, 0.717) is 0 Å². The highest BCUT2D eigenvalue weighted by Gasteiger charge is 2.02. The van der Waals surface area contributed by atoms with Crippen molar-refractivity contribution in [2.24, 2.45) is 0 Å². The summed E-state index contributed by atoms with van der Waals surface area (Å²) in [4.78, 5) is 4.60. The second-order valence-corrected chi connectivity index (χ2v) is 5.16. The van der Waals surface area contributed by atoms with Crippen LogP contribution in [0.1, 0.15) is 29.6 Å². The SMILES string of the molecule is CCCc1csc(Cc2ccc(Cl)cc2)n1. The average molecular weight is 252 g/mol. The van der Waals surface area contributed by atoms with Crippen molar-refractivity contribution in [2.45, 2.75) is 26.2 Å². The van der Waals surface area contributed by atoms with Gasteiger partial charge in [0.1, 0.15) is 0 Å². The highest BCUT2D eigenvalue weighted by Crippen LogP contribution is 2.17. The molecule has 2 rings (SSSR count). The molecule has 0 N–H and O–H groups in total. The van der Waals surface area contributed by atoms with Gasteiger partial charge in [0.15, 0.2) is 0 Å². The second kappa shape index (κ2) is 5.46. The highest BCUT2D eigenvalue weighted by molar-refractivity contribution is 7.09. The van der Waals surface area contributed by atoms with E-state index in [2.05, 4.69) is 29.4 Å². The van der Waals surface area contributed by atoms with Crippen LogP contribution in [0.5, 0.6) is 0 Å². The summed E-state index contributed by atoms with van der Waals surface area (Å²) in [7, 11) is 0. The summed E-state index contributed by atoms with van der Waals surface area (Å²) in [5.41, 5.74) is 2.48.